The molecule has 0 unspecified atom stereocenters. The van der Waals surface area contributed by atoms with Crippen LogP contribution in [0.3, 0.4) is 0 Å². The normalized spacial score (nSPS) is 10.4. The van der Waals surface area contributed by atoms with Gasteiger partial charge in [-0.3, -0.25) is 9.69 Å². The van der Waals surface area contributed by atoms with Gasteiger partial charge in [0.2, 0.25) is 0 Å². The molecule has 3 rings (SSSR count). The second-order valence-corrected chi connectivity index (χ2v) is 7.86. The summed E-state index contributed by atoms with van der Waals surface area (Å²) in [6.07, 6.45) is 2.71. The average Bonchev–Trinajstić information content (AvgIpc) is 2.82. The molecule has 1 heterocycles. The number of nitrogens with zero attached hydrogens (tertiary/aromatic N) is 4. The predicted octanol–water partition coefficient (Wildman–Crippen LogP) is 0.297. The van der Waals surface area contributed by atoms with Crippen LogP contribution < -0.4 is 23.6 Å². The van der Waals surface area contributed by atoms with Crippen LogP contribution >= 0.6 is 0 Å². The fourth-order valence-electron chi connectivity index (χ4n) is 3.60. The first-order valence-electron chi connectivity index (χ1n) is 10.7. The largest absolute Gasteiger partial charge is 1.00 e. The molecule has 1 amide bonds. The number of amides is 1. The number of ether oxygens (including phenoxy) is 1. The molecule has 36 heavy (non-hydrogen) atoms. The van der Waals surface area contributed by atoms with Crippen LogP contribution in [0, 0.1) is 6.92 Å². The molecule has 0 saturated carbocycles. The maximum Gasteiger partial charge on any atom is 1.00 e. The first-order valence-corrected chi connectivity index (χ1v) is 10.7. The zero-order valence-electron chi connectivity index (χ0n) is 20.3. The summed E-state index contributed by atoms with van der Waals surface area (Å²) < 4.78 is 5.19. The number of aryl methyl sites for hydroxylation is 1. The smallest absolute Gasteiger partial charge is 0.644 e. The Morgan fingerprint density at radius 3 is 2.50 bits per heavy atom. The van der Waals surface area contributed by atoms with Crippen molar-refractivity contribution >= 4 is 17.8 Å². The van der Waals surface area contributed by atoms with E-state index in [2.05, 4.69) is 15.3 Å². The molecule has 0 saturated heterocycles. The van der Waals surface area contributed by atoms with Crippen molar-refractivity contribution in [3.05, 3.63) is 93.8 Å². The quantitative estimate of drug-likeness (QED) is 0.367. The molecule has 0 radical (unpaired) electrons. The van der Waals surface area contributed by atoms with Crippen molar-refractivity contribution in [3.8, 4) is 5.75 Å². The third-order valence-corrected chi connectivity index (χ3v) is 5.21. The average molecular weight is 484 g/mol. The molecule has 0 bridgehead atoms. The van der Waals surface area contributed by atoms with Gasteiger partial charge in [0.1, 0.15) is 18.0 Å². The Bertz CT molecular complexity index is 1240. The van der Waals surface area contributed by atoms with Gasteiger partial charge in [-0.25, -0.2) is 14.8 Å². The van der Waals surface area contributed by atoms with E-state index in [1.165, 1.54) is 18.6 Å². The summed E-state index contributed by atoms with van der Waals surface area (Å²) >= 11 is 0. The van der Waals surface area contributed by atoms with Gasteiger partial charge in [0.25, 0.3) is 0 Å². The molecule has 182 valence electrons. The SMILES string of the molecule is COc1cccc(C[N-]C(=O)c2ncncc2CN(CC(=O)O)Cc2ccc(C(=O)O)c(C)c2)c1.[Li+]. The number of rotatable bonds is 11. The van der Waals surface area contributed by atoms with E-state index >= 15 is 0 Å². The van der Waals surface area contributed by atoms with Crippen molar-refractivity contribution in [2.45, 2.75) is 26.6 Å². The molecule has 0 aliphatic carbocycles. The number of hydrogen-bond acceptors (Lipinski definition) is 7. The maximum atomic E-state index is 12.8. The maximum absolute atomic E-state index is 12.8. The van der Waals surface area contributed by atoms with Crippen LogP contribution in [-0.4, -0.2) is 56.6 Å². The minimum atomic E-state index is -1.05. The van der Waals surface area contributed by atoms with Crippen molar-refractivity contribution in [2.75, 3.05) is 13.7 Å². The van der Waals surface area contributed by atoms with E-state index in [9.17, 15) is 24.6 Å². The monoisotopic (exact) mass is 484 g/mol. The zero-order chi connectivity index (χ0) is 25.4. The predicted molar refractivity (Wildman–Crippen MR) is 126 cm³/mol. The number of aromatic carboxylic acids is 1. The van der Waals surface area contributed by atoms with E-state index < -0.39 is 17.8 Å². The molecule has 10 nitrogen and oxygen atoms in total. The second-order valence-electron chi connectivity index (χ2n) is 7.86. The Morgan fingerprint density at radius 1 is 1.06 bits per heavy atom. The van der Waals surface area contributed by atoms with Crippen molar-refractivity contribution in [3.63, 3.8) is 0 Å². The Balaban J connectivity index is 0.00000456. The fourth-order valence-corrected chi connectivity index (χ4v) is 3.60. The zero-order valence-corrected chi connectivity index (χ0v) is 20.3. The van der Waals surface area contributed by atoms with E-state index in [1.807, 2.05) is 6.07 Å². The van der Waals surface area contributed by atoms with Crippen LogP contribution in [0.4, 0.5) is 0 Å². The molecule has 2 aromatic carbocycles. The van der Waals surface area contributed by atoms with Crippen LogP contribution in [0.25, 0.3) is 5.32 Å². The van der Waals surface area contributed by atoms with Gasteiger partial charge >= 0.3 is 30.8 Å². The molecular formula is C25H25LiN4O6. The summed E-state index contributed by atoms with van der Waals surface area (Å²) in [4.78, 5) is 45.3. The van der Waals surface area contributed by atoms with Gasteiger partial charge in [-0.2, -0.15) is 0 Å². The third kappa shape index (κ3) is 7.92. The number of carboxylic acids is 2. The Kier molecular flexibility index (Phi) is 10.6. The molecule has 0 spiro atoms. The van der Waals surface area contributed by atoms with E-state index in [0.717, 1.165) is 11.1 Å². The number of methoxy groups -OCH3 is 1. The van der Waals surface area contributed by atoms with Gasteiger partial charge < -0.3 is 25.1 Å². The number of carboxylic acid groups (broad SMARTS) is 2. The number of aromatic nitrogens is 2. The van der Waals surface area contributed by atoms with Crippen molar-refractivity contribution in [1.29, 1.82) is 0 Å². The van der Waals surface area contributed by atoms with E-state index in [0.29, 0.717) is 16.9 Å². The van der Waals surface area contributed by atoms with Crippen LogP contribution in [0.2, 0.25) is 0 Å². The van der Waals surface area contributed by atoms with Crippen molar-refractivity contribution < 1.29 is 48.2 Å². The minimum Gasteiger partial charge on any atom is -0.644 e. The van der Waals surface area contributed by atoms with Gasteiger partial charge in [-0.1, -0.05) is 29.8 Å². The number of carbonyl (C=O) groups is 3. The molecule has 3 aromatic rings. The van der Waals surface area contributed by atoms with Crippen molar-refractivity contribution in [1.82, 2.24) is 14.9 Å². The summed E-state index contributed by atoms with van der Waals surface area (Å²) in [5.74, 6) is -1.96. The summed E-state index contributed by atoms with van der Waals surface area (Å²) in [5, 5.41) is 22.7. The van der Waals surface area contributed by atoms with E-state index in [4.69, 9.17) is 4.74 Å². The number of hydrogen-bond donors (Lipinski definition) is 2. The molecule has 0 atom stereocenters. The topological polar surface area (TPSA) is 144 Å². The molecule has 1 aromatic heterocycles. The number of carbonyl (C=O) groups excluding carboxylic acids is 1. The molecule has 2 N–H and O–H groups in total. The number of benzene rings is 2. The Hall–Kier alpha value is -3.71. The summed E-state index contributed by atoms with van der Waals surface area (Å²) in [6.45, 7) is 1.82. The van der Waals surface area contributed by atoms with Crippen LogP contribution in [0.1, 0.15) is 43.1 Å². The third-order valence-electron chi connectivity index (χ3n) is 5.21. The fraction of sp³-hybridized carbons (Fsp3) is 0.240. The van der Waals surface area contributed by atoms with E-state index in [-0.39, 0.29) is 56.3 Å². The van der Waals surface area contributed by atoms with Gasteiger partial charge in [-0.15, -0.1) is 6.54 Å². The van der Waals surface area contributed by atoms with Gasteiger partial charge in [0.05, 0.1) is 24.9 Å². The van der Waals surface area contributed by atoms with Crippen LogP contribution in [-0.2, 0) is 24.4 Å². The van der Waals surface area contributed by atoms with Gasteiger partial charge in [-0.05, 0) is 36.2 Å². The second kappa shape index (κ2) is 13.4. The Labute approximate surface area is 220 Å². The molecule has 0 aliphatic rings. The number of aliphatic carboxylic acids is 1. The molecule has 0 aliphatic heterocycles. The van der Waals surface area contributed by atoms with Crippen molar-refractivity contribution in [2.24, 2.45) is 0 Å². The molecular weight excluding hydrogens is 459 g/mol. The summed E-state index contributed by atoms with van der Waals surface area (Å²) in [6, 6.07) is 12.0. The van der Waals surface area contributed by atoms with Crippen LogP contribution in [0.15, 0.2) is 55.0 Å². The molecule has 11 heteroatoms. The first-order chi connectivity index (χ1) is 16.8. The first kappa shape index (κ1) is 28.5. The van der Waals surface area contributed by atoms with Crippen LogP contribution in [0.5, 0.6) is 5.75 Å². The standard InChI is InChI=1S/C25H26N4O6.Li/c1-16-8-18(6-7-21(16)25(33)34)12-29(14-22(30)31)13-19-11-26-15-28-23(19)24(32)27-10-17-4-3-5-20(9-17)35-2;/h3-9,11,15H,10,12-14H2,1-2H3,(H3,27,30,31,32,33,34);/q;+1/p-1. The Morgan fingerprint density at radius 2 is 1.83 bits per heavy atom. The van der Waals surface area contributed by atoms with E-state index in [1.54, 1.807) is 49.3 Å². The summed E-state index contributed by atoms with van der Waals surface area (Å²) in [5.41, 5.74) is 2.81. The summed E-state index contributed by atoms with van der Waals surface area (Å²) in [7, 11) is 1.55. The van der Waals surface area contributed by atoms with Gasteiger partial charge in [0, 0.05) is 24.8 Å². The van der Waals surface area contributed by atoms with Gasteiger partial charge in [0.15, 0.2) is 0 Å². The molecule has 0 fully saturated rings. The minimum absolute atomic E-state index is 0.